The van der Waals surface area contributed by atoms with Gasteiger partial charge in [0.15, 0.2) is 11.6 Å². The van der Waals surface area contributed by atoms with Gasteiger partial charge in [-0.3, -0.25) is 0 Å². The van der Waals surface area contributed by atoms with Crippen LogP contribution in [-0.2, 0) is 13.7 Å². The highest BCUT2D eigenvalue weighted by Crippen LogP contribution is 2.26. The van der Waals surface area contributed by atoms with Gasteiger partial charge in [-0.2, -0.15) is 0 Å². The lowest BCUT2D eigenvalue weighted by atomic mass is 10.2. The van der Waals surface area contributed by atoms with E-state index in [9.17, 15) is 9.50 Å². The predicted octanol–water partition coefficient (Wildman–Crippen LogP) is 3.60. The van der Waals surface area contributed by atoms with Gasteiger partial charge >= 0.3 is 0 Å². The molecule has 3 rings (SSSR count). The van der Waals surface area contributed by atoms with Crippen molar-refractivity contribution in [1.82, 2.24) is 4.57 Å². The molecule has 20 heavy (non-hydrogen) atoms. The first kappa shape index (κ1) is 12.5. The molecule has 0 unspecified atom stereocenters. The lowest BCUT2D eigenvalue weighted by molar-refractivity contribution is 0.291. The maximum atomic E-state index is 13.5. The highest BCUT2D eigenvalue weighted by molar-refractivity contribution is 5.85. The van der Waals surface area contributed by atoms with E-state index in [0.29, 0.717) is 0 Å². The normalized spacial score (nSPS) is 10.9. The molecule has 3 nitrogen and oxygen atoms in total. The fraction of sp³-hybridized carbons (Fsp3) is 0.125. The second kappa shape index (κ2) is 4.89. The van der Waals surface area contributed by atoms with Crippen LogP contribution in [0.5, 0.6) is 11.5 Å². The van der Waals surface area contributed by atoms with Crippen molar-refractivity contribution in [3.05, 3.63) is 60.0 Å². The number of halogens is 1. The van der Waals surface area contributed by atoms with Crippen molar-refractivity contribution >= 4 is 10.9 Å². The van der Waals surface area contributed by atoms with Crippen molar-refractivity contribution in [2.75, 3.05) is 0 Å². The third-order valence-electron chi connectivity index (χ3n) is 3.28. The molecule has 0 amide bonds. The van der Waals surface area contributed by atoms with Gasteiger partial charge in [0.2, 0.25) is 0 Å². The van der Waals surface area contributed by atoms with Crippen LogP contribution < -0.4 is 4.74 Å². The summed E-state index contributed by atoms with van der Waals surface area (Å²) in [6.45, 7) is 0.252. The van der Waals surface area contributed by atoms with Gasteiger partial charge in [0.05, 0.1) is 0 Å². The van der Waals surface area contributed by atoms with Gasteiger partial charge in [0.1, 0.15) is 12.4 Å². The van der Waals surface area contributed by atoms with E-state index in [2.05, 4.69) is 0 Å². The molecule has 0 aliphatic heterocycles. The zero-order valence-corrected chi connectivity index (χ0v) is 11.0. The summed E-state index contributed by atoms with van der Waals surface area (Å²) >= 11 is 0. The molecule has 0 saturated carbocycles. The lowest BCUT2D eigenvalue weighted by Crippen LogP contribution is -1.96. The molecule has 1 heterocycles. The summed E-state index contributed by atoms with van der Waals surface area (Å²) in [5.41, 5.74) is 1.90. The van der Waals surface area contributed by atoms with Gasteiger partial charge in [0.25, 0.3) is 0 Å². The van der Waals surface area contributed by atoms with Gasteiger partial charge in [0, 0.05) is 29.7 Å². The van der Waals surface area contributed by atoms with Gasteiger partial charge < -0.3 is 14.4 Å². The van der Waals surface area contributed by atoms with Crippen molar-refractivity contribution in [2.24, 2.45) is 7.05 Å². The first-order chi connectivity index (χ1) is 9.65. The molecule has 0 aliphatic carbocycles. The van der Waals surface area contributed by atoms with Crippen LogP contribution in [0.25, 0.3) is 10.9 Å². The summed E-state index contributed by atoms with van der Waals surface area (Å²) in [5.74, 6) is 0.0519. The van der Waals surface area contributed by atoms with E-state index in [0.717, 1.165) is 16.5 Å². The number of fused-ring (bicyclic) bond motifs is 1. The smallest absolute Gasteiger partial charge is 0.165 e. The number of para-hydroxylation sites is 1. The Morgan fingerprint density at radius 3 is 2.80 bits per heavy atom. The predicted molar refractivity (Wildman–Crippen MR) is 75.3 cm³/mol. The van der Waals surface area contributed by atoms with Crippen molar-refractivity contribution in [2.45, 2.75) is 6.61 Å². The maximum absolute atomic E-state index is 13.5. The molecule has 0 saturated heterocycles. The molecular weight excluding hydrogens is 257 g/mol. The summed E-state index contributed by atoms with van der Waals surface area (Å²) in [5, 5.41) is 10.5. The minimum Gasteiger partial charge on any atom is -0.508 e. The quantitative estimate of drug-likeness (QED) is 0.789. The summed E-state index contributed by atoms with van der Waals surface area (Å²) in [7, 11) is 1.92. The van der Waals surface area contributed by atoms with Crippen LogP contribution in [0.1, 0.15) is 5.56 Å². The standard InChI is InChI=1S/C16H14FNO2/c1-18-9-11(13-8-12(19)6-7-15(13)18)10-20-16-5-3-2-4-14(16)17/h2-9,19H,10H2,1H3. The third-order valence-corrected chi connectivity index (χ3v) is 3.28. The van der Waals surface area contributed by atoms with Gasteiger partial charge in [-0.05, 0) is 30.3 Å². The van der Waals surface area contributed by atoms with Crippen molar-refractivity contribution in [3.63, 3.8) is 0 Å². The SMILES string of the molecule is Cn1cc(COc2ccccc2F)c2cc(O)ccc21. The number of phenolic OH excluding ortho intramolecular Hbond substituents is 1. The number of aromatic hydroxyl groups is 1. The molecule has 2 aromatic carbocycles. The fourth-order valence-electron chi connectivity index (χ4n) is 2.29. The van der Waals surface area contributed by atoms with Crippen LogP contribution in [0.4, 0.5) is 4.39 Å². The van der Waals surface area contributed by atoms with E-state index >= 15 is 0 Å². The van der Waals surface area contributed by atoms with Crippen molar-refractivity contribution in [1.29, 1.82) is 0 Å². The first-order valence-electron chi connectivity index (χ1n) is 6.29. The molecule has 1 N–H and O–H groups in total. The van der Waals surface area contributed by atoms with E-state index in [1.807, 2.05) is 23.9 Å². The number of rotatable bonds is 3. The van der Waals surface area contributed by atoms with Crippen LogP contribution in [0.15, 0.2) is 48.7 Å². The molecule has 3 aromatic rings. The molecule has 1 aromatic heterocycles. The summed E-state index contributed by atoms with van der Waals surface area (Å²) in [6.07, 6.45) is 1.92. The van der Waals surface area contributed by atoms with E-state index in [4.69, 9.17) is 4.74 Å². The molecule has 0 fully saturated rings. The Morgan fingerprint density at radius 1 is 1.20 bits per heavy atom. The highest BCUT2D eigenvalue weighted by Gasteiger charge is 2.09. The Hall–Kier alpha value is -2.49. The number of hydrogen-bond acceptors (Lipinski definition) is 2. The van der Waals surface area contributed by atoms with E-state index < -0.39 is 0 Å². The summed E-state index contributed by atoms with van der Waals surface area (Å²) < 4.78 is 21.0. The minimum atomic E-state index is -0.379. The second-order valence-electron chi connectivity index (χ2n) is 4.69. The van der Waals surface area contributed by atoms with E-state index in [1.54, 1.807) is 30.3 Å². The summed E-state index contributed by atoms with van der Waals surface area (Å²) in [4.78, 5) is 0. The Bertz CT molecular complexity index is 764. The topological polar surface area (TPSA) is 34.4 Å². The molecule has 0 radical (unpaired) electrons. The molecule has 0 atom stereocenters. The number of hydrogen-bond donors (Lipinski definition) is 1. The first-order valence-corrected chi connectivity index (χ1v) is 6.29. The Balaban J connectivity index is 1.92. The average Bonchev–Trinajstić information content (AvgIpc) is 2.74. The Labute approximate surface area is 115 Å². The number of aromatic nitrogens is 1. The monoisotopic (exact) mass is 271 g/mol. The Kier molecular flexibility index (Phi) is 3.06. The average molecular weight is 271 g/mol. The van der Waals surface area contributed by atoms with Crippen LogP contribution in [-0.4, -0.2) is 9.67 Å². The van der Waals surface area contributed by atoms with Crippen molar-refractivity contribution < 1.29 is 14.2 Å². The molecule has 102 valence electrons. The van der Waals surface area contributed by atoms with Gasteiger partial charge in [-0.15, -0.1) is 0 Å². The molecule has 0 bridgehead atoms. The fourth-order valence-corrected chi connectivity index (χ4v) is 2.29. The number of aryl methyl sites for hydroxylation is 1. The molecule has 0 aliphatic rings. The highest BCUT2D eigenvalue weighted by atomic mass is 19.1. The van der Waals surface area contributed by atoms with Crippen LogP contribution in [0, 0.1) is 5.82 Å². The Morgan fingerprint density at radius 2 is 2.00 bits per heavy atom. The maximum Gasteiger partial charge on any atom is 0.165 e. The van der Waals surface area contributed by atoms with E-state index in [-0.39, 0.29) is 23.9 Å². The number of benzene rings is 2. The van der Waals surface area contributed by atoms with Crippen LogP contribution >= 0.6 is 0 Å². The third kappa shape index (κ3) is 2.20. The van der Waals surface area contributed by atoms with Gasteiger partial charge in [-0.25, -0.2) is 4.39 Å². The van der Waals surface area contributed by atoms with Gasteiger partial charge in [-0.1, -0.05) is 12.1 Å². The molecule has 0 spiro atoms. The van der Waals surface area contributed by atoms with Crippen molar-refractivity contribution in [3.8, 4) is 11.5 Å². The summed E-state index contributed by atoms with van der Waals surface area (Å²) in [6, 6.07) is 11.5. The van der Waals surface area contributed by atoms with E-state index in [1.165, 1.54) is 6.07 Å². The minimum absolute atomic E-state index is 0.204. The molecule has 4 heteroatoms. The zero-order valence-electron chi connectivity index (χ0n) is 11.0. The molecular formula is C16H14FNO2. The lowest BCUT2D eigenvalue weighted by Gasteiger charge is -2.06. The largest absolute Gasteiger partial charge is 0.508 e. The second-order valence-corrected chi connectivity index (χ2v) is 4.69. The van der Waals surface area contributed by atoms with Crippen LogP contribution in [0.3, 0.4) is 0 Å². The number of phenols is 1. The number of ether oxygens (including phenoxy) is 1. The van der Waals surface area contributed by atoms with Crippen LogP contribution in [0.2, 0.25) is 0 Å². The zero-order chi connectivity index (χ0) is 14.1. The number of nitrogens with zero attached hydrogens (tertiary/aromatic N) is 1.